The van der Waals surface area contributed by atoms with Gasteiger partial charge in [0.15, 0.2) is 0 Å². The van der Waals surface area contributed by atoms with Gasteiger partial charge in [-0.25, -0.2) is 0 Å². The molecule has 1 aromatic heterocycles. The molecule has 6 heteroatoms. The van der Waals surface area contributed by atoms with E-state index in [-0.39, 0.29) is 6.42 Å². The summed E-state index contributed by atoms with van der Waals surface area (Å²) in [6, 6.07) is 6.27. The van der Waals surface area contributed by atoms with E-state index in [9.17, 15) is 18.0 Å². The molecule has 0 aliphatic carbocycles. The van der Waals surface area contributed by atoms with Crippen LogP contribution in [0.25, 0.3) is 0 Å². The second-order valence-electron chi connectivity index (χ2n) is 3.79. The van der Waals surface area contributed by atoms with Gasteiger partial charge in [0, 0.05) is 18.2 Å². The second-order valence-corrected chi connectivity index (χ2v) is 3.79. The maximum Gasteiger partial charge on any atom is 0.416 e. The molecule has 1 aromatic carbocycles. The summed E-state index contributed by atoms with van der Waals surface area (Å²) < 4.78 is 37.5. The van der Waals surface area contributed by atoms with E-state index in [1.165, 1.54) is 18.5 Å². The molecule has 0 fully saturated rings. The van der Waals surface area contributed by atoms with Gasteiger partial charge < -0.3 is 4.98 Å². The molecule has 0 saturated carbocycles. The number of halogens is 3. The van der Waals surface area contributed by atoms with Crippen LogP contribution in [0.4, 0.5) is 13.2 Å². The van der Waals surface area contributed by atoms with Gasteiger partial charge in [-0.3, -0.25) is 4.79 Å². The monoisotopic (exact) mass is 254 g/mol. The highest BCUT2D eigenvalue weighted by atomic mass is 19.4. The van der Waals surface area contributed by atoms with E-state index >= 15 is 0 Å². The zero-order chi connectivity index (χ0) is 13.2. The van der Waals surface area contributed by atoms with Crippen LogP contribution in [0.1, 0.15) is 16.8 Å². The van der Waals surface area contributed by atoms with Crippen molar-refractivity contribution in [1.29, 1.82) is 0 Å². The first-order valence-corrected chi connectivity index (χ1v) is 5.15. The van der Waals surface area contributed by atoms with Gasteiger partial charge in [0.1, 0.15) is 0 Å². The van der Waals surface area contributed by atoms with Gasteiger partial charge in [-0.1, -0.05) is 18.2 Å². The highest BCUT2D eigenvalue weighted by molar-refractivity contribution is 5.28. The van der Waals surface area contributed by atoms with Crippen LogP contribution in [-0.4, -0.2) is 9.97 Å². The first kappa shape index (κ1) is 12.3. The largest absolute Gasteiger partial charge is 0.416 e. The molecule has 0 aliphatic heterocycles. The normalized spacial score (nSPS) is 11.5. The number of benzene rings is 1. The SMILES string of the molecule is O=c1cc(Cc2cccc(C(F)(F)F)c2)[nH]cn1. The fraction of sp³-hybridized carbons (Fsp3) is 0.167. The quantitative estimate of drug-likeness (QED) is 0.894. The zero-order valence-electron chi connectivity index (χ0n) is 9.16. The molecular formula is C12H9F3N2O. The van der Waals surface area contributed by atoms with Crippen LogP contribution in [0.3, 0.4) is 0 Å². The van der Waals surface area contributed by atoms with Gasteiger partial charge in [0.2, 0.25) is 0 Å². The lowest BCUT2D eigenvalue weighted by Crippen LogP contribution is -2.08. The van der Waals surface area contributed by atoms with Gasteiger partial charge >= 0.3 is 6.18 Å². The van der Waals surface area contributed by atoms with E-state index in [1.807, 2.05) is 0 Å². The van der Waals surface area contributed by atoms with Gasteiger partial charge in [-0.15, -0.1) is 0 Å². The lowest BCUT2D eigenvalue weighted by Gasteiger charge is -2.08. The van der Waals surface area contributed by atoms with Crippen LogP contribution in [0.15, 0.2) is 41.5 Å². The molecule has 0 radical (unpaired) electrons. The van der Waals surface area contributed by atoms with Crippen LogP contribution in [0.5, 0.6) is 0 Å². The molecule has 0 bridgehead atoms. The first-order chi connectivity index (χ1) is 8.45. The van der Waals surface area contributed by atoms with Crippen LogP contribution < -0.4 is 5.56 Å². The fourth-order valence-corrected chi connectivity index (χ4v) is 1.59. The minimum atomic E-state index is -4.36. The Hall–Kier alpha value is -2.11. The summed E-state index contributed by atoms with van der Waals surface area (Å²) >= 11 is 0. The van der Waals surface area contributed by atoms with E-state index in [0.717, 1.165) is 12.1 Å². The van der Waals surface area contributed by atoms with Gasteiger partial charge in [-0.05, 0) is 11.6 Å². The topological polar surface area (TPSA) is 45.8 Å². The van der Waals surface area contributed by atoms with E-state index in [2.05, 4.69) is 9.97 Å². The minimum Gasteiger partial charge on any atom is -0.349 e. The summed E-state index contributed by atoms with van der Waals surface area (Å²) in [7, 11) is 0. The number of aromatic nitrogens is 2. The third kappa shape index (κ3) is 2.97. The van der Waals surface area contributed by atoms with E-state index < -0.39 is 17.3 Å². The van der Waals surface area contributed by atoms with E-state index in [0.29, 0.717) is 11.3 Å². The summed E-state index contributed by atoms with van der Waals surface area (Å²) in [6.45, 7) is 0. The lowest BCUT2D eigenvalue weighted by molar-refractivity contribution is -0.137. The molecule has 1 heterocycles. The molecule has 0 unspecified atom stereocenters. The molecule has 0 atom stereocenters. The molecule has 0 aliphatic rings. The average Bonchev–Trinajstić information content (AvgIpc) is 2.28. The summed E-state index contributed by atoms with van der Waals surface area (Å²) in [4.78, 5) is 17.2. The van der Waals surface area contributed by atoms with Crippen LogP contribution >= 0.6 is 0 Å². The Morgan fingerprint density at radius 2 is 2.00 bits per heavy atom. The van der Waals surface area contributed by atoms with Crippen molar-refractivity contribution < 1.29 is 13.2 Å². The van der Waals surface area contributed by atoms with Crippen molar-refractivity contribution in [2.45, 2.75) is 12.6 Å². The molecule has 0 spiro atoms. The second kappa shape index (κ2) is 4.64. The Bertz CT molecular complexity index is 605. The predicted octanol–water partition coefficient (Wildman–Crippen LogP) is 2.38. The summed E-state index contributed by atoms with van der Waals surface area (Å²) in [5.74, 6) is 0. The zero-order valence-corrected chi connectivity index (χ0v) is 9.16. The highest BCUT2D eigenvalue weighted by Gasteiger charge is 2.30. The average molecular weight is 254 g/mol. The third-order valence-electron chi connectivity index (χ3n) is 2.39. The van der Waals surface area contributed by atoms with E-state index in [4.69, 9.17) is 0 Å². The Labute approximate surface area is 100 Å². The molecule has 94 valence electrons. The first-order valence-electron chi connectivity index (χ1n) is 5.15. The van der Waals surface area contributed by atoms with Crippen molar-refractivity contribution in [3.05, 3.63) is 63.8 Å². The highest BCUT2D eigenvalue weighted by Crippen LogP contribution is 2.29. The molecule has 18 heavy (non-hydrogen) atoms. The Morgan fingerprint density at radius 3 is 2.67 bits per heavy atom. The summed E-state index contributed by atoms with van der Waals surface area (Å²) in [5, 5.41) is 0. The standard InChI is InChI=1S/C12H9F3N2O/c13-12(14,15)9-3-1-2-8(4-9)5-10-6-11(18)17-7-16-10/h1-4,6-7H,5H2,(H,16,17,18). The van der Waals surface area contributed by atoms with E-state index in [1.54, 1.807) is 6.07 Å². The van der Waals surface area contributed by atoms with Crippen LogP contribution in [0.2, 0.25) is 0 Å². The molecular weight excluding hydrogens is 245 g/mol. The number of hydrogen-bond acceptors (Lipinski definition) is 2. The minimum absolute atomic E-state index is 0.224. The molecule has 2 rings (SSSR count). The van der Waals surface area contributed by atoms with Crippen molar-refractivity contribution in [3.63, 3.8) is 0 Å². The molecule has 0 amide bonds. The third-order valence-corrected chi connectivity index (χ3v) is 2.39. The number of aromatic amines is 1. The summed E-state index contributed by atoms with van der Waals surface area (Å²) in [5.41, 5.74) is -0.117. The van der Waals surface area contributed by atoms with Gasteiger partial charge in [0.25, 0.3) is 5.56 Å². The van der Waals surface area contributed by atoms with Crippen molar-refractivity contribution in [2.24, 2.45) is 0 Å². The van der Waals surface area contributed by atoms with Crippen molar-refractivity contribution >= 4 is 0 Å². The van der Waals surface area contributed by atoms with Gasteiger partial charge in [-0.2, -0.15) is 18.2 Å². The maximum absolute atomic E-state index is 12.5. The molecule has 1 N–H and O–H groups in total. The maximum atomic E-state index is 12.5. The predicted molar refractivity (Wildman–Crippen MR) is 59.1 cm³/mol. The molecule has 0 saturated heterocycles. The summed E-state index contributed by atoms with van der Waals surface area (Å²) in [6.07, 6.45) is -2.91. The van der Waals surface area contributed by atoms with Gasteiger partial charge in [0.05, 0.1) is 11.9 Å². The molecule has 3 nitrogen and oxygen atoms in total. The van der Waals surface area contributed by atoms with Crippen LogP contribution in [-0.2, 0) is 12.6 Å². The Balaban J connectivity index is 2.27. The lowest BCUT2D eigenvalue weighted by atomic mass is 10.1. The fourth-order valence-electron chi connectivity index (χ4n) is 1.59. The number of nitrogens with one attached hydrogen (secondary N) is 1. The van der Waals surface area contributed by atoms with Crippen molar-refractivity contribution in [1.82, 2.24) is 9.97 Å². The van der Waals surface area contributed by atoms with Crippen LogP contribution in [0, 0.1) is 0 Å². The number of nitrogens with zero attached hydrogens (tertiary/aromatic N) is 1. The number of rotatable bonds is 2. The number of H-pyrrole nitrogens is 1. The number of hydrogen-bond donors (Lipinski definition) is 1. The Kier molecular flexibility index (Phi) is 3.18. The molecule has 2 aromatic rings. The number of alkyl halides is 3. The smallest absolute Gasteiger partial charge is 0.349 e. The van der Waals surface area contributed by atoms with Crippen molar-refractivity contribution in [3.8, 4) is 0 Å². The van der Waals surface area contributed by atoms with Crippen molar-refractivity contribution in [2.75, 3.05) is 0 Å². The Morgan fingerprint density at radius 1 is 1.22 bits per heavy atom.